The Balaban J connectivity index is 2.37. The van der Waals surface area contributed by atoms with Gasteiger partial charge in [-0.2, -0.15) is 0 Å². The van der Waals surface area contributed by atoms with E-state index in [0.29, 0.717) is 0 Å². The van der Waals surface area contributed by atoms with Gasteiger partial charge in [0.15, 0.2) is 12.4 Å². The van der Waals surface area contributed by atoms with Crippen LogP contribution in [0.15, 0.2) is 24.3 Å². The molecule has 0 aliphatic rings. The van der Waals surface area contributed by atoms with Crippen LogP contribution >= 0.6 is 0 Å². The molecule has 5 nitrogen and oxygen atoms in total. The van der Waals surface area contributed by atoms with Crippen molar-refractivity contribution in [2.24, 2.45) is 0 Å². The lowest BCUT2D eigenvalue weighted by atomic mass is 10.3. The second-order valence-corrected chi connectivity index (χ2v) is 2.75. The number of rotatable bonds is 4. The Morgan fingerprint density at radius 1 is 1.31 bits per heavy atom. The largest absolute Gasteiger partial charge is 0.454 e. The molecule has 0 radical (unpaired) electrons. The third-order valence-electron chi connectivity index (χ3n) is 1.45. The summed E-state index contributed by atoms with van der Waals surface area (Å²) >= 11 is 0. The van der Waals surface area contributed by atoms with E-state index in [-0.39, 0.29) is 5.75 Å². The summed E-state index contributed by atoms with van der Waals surface area (Å²) in [7, 11) is 0. The second-order valence-electron chi connectivity index (χ2n) is 2.75. The van der Waals surface area contributed by atoms with Crippen molar-refractivity contribution in [3.63, 3.8) is 0 Å². The Labute approximate surface area is 90.6 Å². The summed E-state index contributed by atoms with van der Waals surface area (Å²) in [6.45, 7) is 0.564. The van der Waals surface area contributed by atoms with Crippen molar-refractivity contribution in [3.8, 4) is 5.75 Å². The third-order valence-corrected chi connectivity index (χ3v) is 1.45. The summed E-state index contributed by atoms with van der Waals surface area (Å²) in [5.41, 5.74) is 0. The monoisotopic (exact) mass is 228 g/mol. The zero-order valence-electron chi connectivity index (χ0n) is 8.44. The molecule has 86 valence electrons. The van der Waals surface area contributed by atoms with Gasteiger partial charge in [0.1, 0.15) is 0 Å². The Morgan fingerprint density at radius 2 is 2.00 bits per heavy atom. The van der Waals surface area contributed by atoms with Crippen LogP contribution in [0.4, 0.5) is 4.39 Å². The minimum absolute atomic E-state index is 0.223. The highest BCUT2D eigenvalue weighted by atomic mass is 19.1. The fraction of sp³-hybridized carbons (Fsp3) is 0.200. The second kappa shape index (κ2) is 5.69. The van der Waals surface area contributed by atoms with Crippen LogP contribution in [-0.2, 0) is 19.2 Å². The lowest BCUT2D eigenvalue weighted by Gasteiger charge is -2.04. The Bertz CT molecular complexity index is 391. The van der Waals surface area contributed by atoms with Gasteiger partial charge in [0.05, 0.1) is 0 Å². The van der Waals surface area contributed by atoms with E-state index in [1.165, 1.54) is 18.2 Å². The smallest absolute Gasteiger partial charge is 0.392 e. The van der Waals surface area contributed by atoms with Gasteiger partial charge in [-0.25, -0.2) is 14.1 Å². The minimum Gasteiger partial charge on any atom is -0.454 e. The van der Waals surface area contributed by atoms with E-state index < -0.39 is 24.4 Å². The van der Waals surface area contributed by atoms with E-state index in [1.54, 1.807) is 0 Å². The van der Waals surface area contributed by atoms with Crippen LogP contribution in [0.3, 0.4) is 0 Å². The van der Waals surface area contributed by atoms with Gasteiger partial charge in [0, 0.05) is 6.92 Å². The molecule has 0 aliphatic heterocycles. The number of carbonyl (C=O) groups is 2. The summed E-state index contributed by atoms with van der Waals surface area (Å²) in [5, 5.41) is 0. The van der Waals surface area contributed by atoms with Gasteiger partial charge < -0.3 is 4.74 Å². The minimum atomic E-state index is -0.932. The van der Waals surface area contributed by atoms with Crippen LogP contribution in [-0.4, -0.2) is 18.5 Å². The highest BCUT2D eigenvalue weighted by Gasteiger charge is 2.09. The normalized spacial score (nSPS) is 9.38. The molecule has 6 heteroatoms. The molecule has 0 fully saturated rings. The fourth-order valence-corrected chi connectivity index (χ4v) is 0.788. The predicted octanol–water partition coefficient (Wildman–Crippen LogP) is 1.23. The van der Waals surface area contributed by atoms with Gasteiger partial charge in [-0.15, -0.1) is 0 Å². The maximum Gasteiger partial charge on any atom is 0.392 e. The first-order valence-corrected chi connectivity index (χ1v) is 4.35. The SMILES string of the molecule is CC(=O)OCC(=O)OOc1ccccc1F. The van der Waals surface area contributed by atoms with Gasteiger partial charge >= 0.3 is 11.9 Å². The molecule has 1 aromatic rings. The molecule has 0 bridgehead atoms. The summed E-state index contributed by atoms with van der Waals surface area (Å²) < 4.78 is 17.3. The number of benzene rings is 1. The number of hydrogen-bond acceptors (Lipinski definition) is 5. The van der Waals surface area contributed by atoms with E-state index in [4.69, 9.17) is 0 Å². The first-order chi connectivity index (χ1) is 7.59. The third kappa shape index (κ3) is 3.95. The standard InChI is InChI=1S/C10H9FO5/c1-7(12)14-6-10(13)16-15-9-5-3-2-4-8(9)11/h2-5H,6H2,1H3. The maximum atomic E-state index is 13.0. The molecule has 0 amide bonds. The average molecular weight is 228 g/mol. The van der Waals surface area contributed by atoms with Gasteiger partial charge in [0.2, 0.25) is 5.75 Å². The topological polar surface area (TPSA) is 61.8 Å². The predicted molar refractivity (Wildman–Crippen MR) is 49.8 cm³/mol. The quantitative estimate of drug-likeness (QED) is 0.440. The van der Waals surface area contributed by atoms with Crippen LogP contribution in [0.2, 0.25) is 0 Å². The molecule has 16 heavy (non-hydrogen) atoms. The van der Waals surface area contributed by atoms with Crippen molar-refractivity contribution >= 4 is 11.9 Å². The van der Waals surface area contributed by atoms with E-state index in [2.05, 4.69) is 14.5 Å². The lowest BCUT2D eigenvalue weighted by Crippen LogP contribution is -2.16. The van der Waals surface area contributed by atoms with Crippen molar-refractivity contribution < 1.29 is 28.5 Å². The lowest BCUT2D eigenvalue weighted by molar-refractivity contribution is -0.219. The van der Waals surface area contributed by atoms with Crippen molar-refractivity contribution in [3.05, 3.63) is 30.1 Å². The molecule has 0 N–H and O–H groups in total. The van der Waals surface area contributed by atoms with E-state index >= 15 is 0 Å². The summed E-state index contributed by atoms with van der Waals surface area (Å²) in [5.74, 6) is -2.44. The number of hydrogen-bond donors (Lipinski definition) is 0. The van der Waals surface area contributed by atoms with Crippen molar-refractivity contribution in [1.29, 1.82) is 0 Å². The highest BCUT2D eigenvalue weighted by Crippen LogP contribution is 2.15. The van der Waals surface area contributed by atoms with Gasteiger partial charge in [-0.05, 0) is 12.1 Å². The molecule has 0 spiro atoms. The van der Waals surface area contributed by atoms with E-state index in [1.807, 2.05) is 0 Å². The van der Waals surface area contributed by atoms with Crippen molar-refractivity contribution in [1.82, 2.24) is 0 Å². The first kappa shape index (κ1) is 12.0. The number of ether oxygens (including phenoxy) is 1. The summed E-state index contributed by atoms with van der Waals surface area (Å²) in [6, 6.07) is 5.41. The molecule has 1 rings (SSSR count). The van der Waals surface area contributed by atoms with Crippen LogP contribution < -0.4 is 4.89 Å². The summed E-state index contributed by atoms with van der Waals surface area (Å²) in [4.78, 5) is 29.8. The number of esters is 1. The van der Waals surface area contributed by atoms with E-state index in [0.717, 1.165) is 13.0 Å². The molecule has 0 saturated carbocycles. The molecule has 0 aliphatic carbocycles. The molecule has 0 heterocycles. The zero-order valence-corrected chi connectivity index (χ0v) is 8.44. The molecule has 1 aromatic carbocycles. The van der Waals surface area contributed by atoms with Gasteiger partial charge in [0.25, 0.3) is 0 Å². The molecule has 0 aromatic heterocycles. The molecular formula is C10H9FO5. The number of carbonyl (C=O) groups excluding carboxylic acids is 2. The maximum absolute atomic E-state index is 13.0. The van der Waals surface area contributed by atoms with Crippen molar-refractivity contribution in [2.45, 2.75) is 6.92 Å². The fourth-order valence-electron chi connectivity index (χ4n) is 0.788. The van der Waals surface area contributed by atoms with Crippen LogP contribution in [0.25, 0.3) is 0 Å². The van der Waals surface area contributed by atoms with Crippen molar-refractivity contribution in [2.75, 3.05) is 6.61 Å². The average Bonchev–Trinajstić information content (AvgIpc) is 2.25. The van der Waals surface area contributed by atoms with Crippen LogP contribution in [0.1, 0.15) is 6.92 Å². The van der Waals surface area contributed by atoms with E-state index in [9.17, 15) is 14.0 Å². The Kier molecular flexibility index (Phi) is 4.26. The molecule has 0 saturated heterocycles. The molecule has 0 atom stereocenters. The molecular weight excluding hydrogens is 219 g/mol. The Hall–Kier alpha value is -2.11. The number of para-hydroxylation sites is 1. The summed E-state index contributed by atoms with van der Waals surface area (Å²) in [6.07, 6.45) is 0. The van der Waals surface area contributed by atoms with Crippen LogP contribution in [0, 0.1) is 5.82 Å². The first-order valence-electron chi connectivity index (χ1n) is 4.35. The Morgan fingerprint density at radius 3 is 2.62 bits per heavy atom. The van der Waals surface area contributed by atoms with Gasteiger partial charge in [-0.1, -0.05) is 12.1 Å². The van der Waals surface area contributed by atoms with Gasteiger partial charge in [-0.3, -0.25) is 9.68 Å². The zero-order chi connectivity index (χ0) is 12.0. The number of halogens is 1. The highest BCUT2D eigenvalue weighted by molar-refractivity contribution is 5.74. The van der Waals surface area contributed by atoms with Crippen LogP contribution in [0.5, 0.6) is 5.75 Å². The molecule has 0 unspecified atom stereocenters.